The molecule has 1 saturated heterocycles. The standard InChI is InChI=1S/C18H19ClN6O.C7H11NO/c1-23-18-16(17(22)26)15(24-25-18)6-5-9-7-14(21)11(8-12(9)19)10-3-2-4-13(10)20;1-2-7(9)8-5-3-4-6-8/h7-8H,2-4,20-21H2,1H3,(H2,22,26)(H2,23,24,25);2H,1,3-6H2. The molecule has 8 N–H and O–H groups in total. The molecule has 1 fully saturated rings. The van der Waals surface area contributed by atoms with Crippen LogP contribution in [0.25, 0.3) is 5.57 Å². The zero-order chi connectivity index (χ0) is 25.5. The second-order valence-corrected chi connectivity index (χ2v) is 8.61. The molecule has 9 nitrogen and oxygen atoms in total. The lowest BCUT2D eigenvalue weighted by Crippen LogP contribution is -2.25. The van der Waals surface area contributed by atoms with E-state index < -0.39 is 5.91 Å². The topological polar surface area (TPSA) is 156 Å². The number of halogens is 1. The number of amides is 2. The summed E-state index contributed by atoms with van der Waals surface area (Å²) in [5, 5.41) is 9.90. The summed E-state index contributed by atoms with van der Waals surface area (Å²) in [6, 6.07) is 3.50. The highest BCUT2D eigenvalue weighted by Gasteiger charge is 2.18. The summed E-state index contributed by atoms with van der Waals surface area (Å²) in [6.45, 7) is 5.26. The van der Waals surface area contributed by atoms with Crippen LogP contribution in [-0.4, -0.2) is 47.0 Å². The van der Waals surface area contributed by atoms with Crippen LogP contribution in [0, 0.1) is 11.8 Å². The van der Waals surface area contributed by atoms with Crippen LogP contribution in [0.2, 0.25) is 5.02 Å². The summed E-state index contributed by atoms with van der Waals surface area (Å²) in [7, 11) is 1.64. The van der Waals surface area contributed by atoms with Gasteiger partial charge in [-0.2, -0.15) is 5.10 Å². The Balaban J connectivity index is 0.000000320. The molecule has 184 valence electrons. The van der Waals surface area contributed by atoms with Gasteiger partial charge in [-0.3, -0.25) is 14.7 Å². The number of rotatable bonds is 4. The van der Waals surface area contributed by atoms with E-state index in [1.807, 2.05) is 4.90 Å². The number of nitrogens with zero attached hydrogens (tertiary/aromatic N) is 2. The van der Waals surface area contributed by atoms with E-state index in [4.69, 9.17) is 28.8 Å². The zero-order valence-corrected chi connectivity index (χ0v) is 20.5. The molecule has 4 rings (SSSR count). The minimum Gasteiger partial charge on any atom is -0.402 e. The van der Waals surface area contributed by atoms with E-state index in [1.165, 1.54) is 6.08 Å². The van der Waals surface area contributed by atoms with Crippen molar-refractivity contribution in [2.75, 3.05) is 31.2 Å². The molecule has 2 heterocycles. The smallest absolute Gasteiger partial charge is 0.255 e. The fraction of sp³-hybridized carbons (Fsp3) is 0.320. The number of nitrogens with one attached hydrogen (secondary N) is 2. The van der Waals surface area contributed by atoms with Gasteiger partial charge in [-0.05, 0) is 61.8 Å². The average molecular weight is 496 g/mol. The van der Waals surface area contributed by atoms with Crippen LogP contribution >= 0.6 is 11.6 Å². The maximum Gasteiger partial charge on any atom is 0.255 e. The lowest BCUT2D eigenvalue weighted by Gasteiger charge is -2.10. The number of carbonyl (C=O) groups is 2. The number of hydrogen-bond donors (Lipinski definition) is 5. The Bertz CT molecular complexity index is 1230. The maximum atomic E-state index is 11.6. The van der Waals surface area contributed by atoms with Gasteiger partial charge in [0, 0.05) is 42.6 Å². The SMILES string of the molecule is C=CC(=O)N1CCCC1.CNc1n[nH]c(C#Cc2cc(N)c(C3=C(N)CCC3)cc2Cl)c1C(N)=O. The molecule has 0 atom stereocenters. The Hall–Kier alpha value is -3.90. The van der Waals surface area contributed by atoms with Crippen molar-refractivity contribution >= 4 is 40.5 Å². The van der Waals surface area contributed by atoms with Gasteiger partial charge >= 0.3 is 0 Å². The number of carbonyl (C=O) groups excluding carboxylic acids is 2. The van der Waals surface area contributed by atoms with Gasteiger partial charge < -0.3 is 27.4 Å². The molecule has 1 aliphatic carbocycles. The van der Waals surface area contributed by atoms with Crippen LogP contribution < -0.4 is 22.5 Å². The van der Waals surface area contributed by atoms with Gasteiger partial charge in [0.15, 0.2) is 5.82 Å². The first-order valence-corrected chi connectivity index (χ1v) is 11.7. The Kier molecular flexibility index (Phi) is 8.44. The van der Waals surface area contributed by atoms with Crippen molar-refractivity contribution in [3.63, 3.8) is 0 Å². The summed E-state index contributed by atoms with van der Waals surface area (Å²) < 4.78 is 0. The van der Waals surface area contributed by atoms with E-state index in [-0.39, 0.29) is 11.5 Å². The van der Waals surface area contributed by atoms with Crippen LogP contribution in [-0.2, 0) is 4.79 Å². The number of likely N-dealkylation sites (tertiary alicyclic amines) is 1. The van der Waals surface area contributed by atoms with E-state index in [0.29, 0.717) is 27.8 Å². The van der Waals surface area contributed by atoms with Gasteiger partial charge in [0.2, 0.25) is 5.91 Å². The van der Waals surface area contributed by atoms with Crippen molar-refractivity contribution in [1.82, 2.24) is 15.1 Å². The van der Waals surface area contributed by atoms with Crippen molar-refractivity contribution in [2.24, 2.45) is 11.5 Å². The van der Waals surface area contributed by atoms with Crippen molar-refractivity contribution in [2.45, 2.75) is 32.1 Å². The van der Waals surface area contributed by atoms with E-state index >= 15 is 0 Å². The van der Waals surface area contributed by atoms with Gasteiger partial charge in [-0.1, -0.05) is 24.1 Å². The molecular weight excluding hydrogens is 466 g/mol. The number of aromatic amines is 1. The number of nitrogen functional groups attached to an aromatic ring is 1. The zero-order valence-electron chi connectivity index (χ0n) is 19.7. The van der Waals surface area contributed by atoms with Gasteiger partial charge in [0.25, 0.3) is 5.91 Å². The van der Waals surface area contributed by atoms with Crippen molar-refractivity contribution in [3.8, 4) is 11.8 Å². The minimum atomic E-state index is -0.628. The quantitative estimate of drug-likeness (QED) is 0.249. The molecule has 0 radical (unpaired) electrons. The second kappa shape index (κ2) is 11.5. The third-order valence-electron chi connectivity index (χ3n) is 5.89. The summed E-state index contributed by atoms with van der Waals surface area (Å²) in [6.07, 6.45) is 6.46. The van der Waals surface area contributed by atoms with Crippen LogP contribution in [0.15, 0.2) is 30.5 Å². The first-order chi connectivity index (χ1) is 16.8. The van der Waals surface area contributed by atoms with Crippen molar-refractivity contribution < 1.29 is 9.59 Å². The molecule has 10 heteroatoms. The highest BCUT2D eigenvalue weighted by atomic mass is 35.5. The monoisotopic (exact) mass is 495 g/mol. The lowest BCUT2D eigenvalue weighted by molar-refractivity contribution is -0.124. The first kappa shape index (κ1) is 25.7. The van der Waals surface area contributed by atoms with Gasteiger partial charge in [0.1, 0.15) is 11.3 Å². The van der Waals surface area contributed by atoms with Crippen LogP contribution in [0.5, 0.6) is 0 Å². The Labute approximate surface area is 209 Å². The van der Waals surface area contributed by atoms with Crippen molar-refractivity contribution in [1.29, 1.82) is 0 Å². The molecule has 2 aliphatic rings. The number of nitrogens with two attached hydrogens (primary N) is 3. The number of aromatic nitrogens is 2. The predicted molar refractivity (Wildman–Crippen MR) is 139 cm³/mol. The summed E-state index contributed by atoms with van der Waals surface area (Å²) >= 11 is 6.38. The number of benzene rings is 1. The molecule has 1 aliphatic heterocycles. The van der Waals surface area contributed by atoms with Crippen LogP contribution in [0.1, 0.15) is 59.3 Å². The largest absolute Gasteiger partial charge is 0.402 e. The van der Waals surface area contributed by atoms with E-state index in [0.717, 1.165) is 62.0 Å². The second-order valence-electron chi connectivity index (χ2n) is 8.20. The number of primary amides is 1. The predicted octanol–water partition coefficient (Wildman–Crippen LogP) is 2.83. The van der Waals surface area contributed by atoms with Crippen LogP contribution in [0.4, 0.5) is 11.5 Å². The van der Waals surface area contributed by atoms with Crippen molar-refractivity contribution in [3.05, 3.63) is 57.9 Å². The first-order valence-electron chi connectivity index (χ1n) is 11.3. The Morgan fingerprint density at radius 3 is 2.49 bits per heavy atom. The fourth-order valence-corrected chi connectivity index (χ4v) is 4.28. The van der Waals surface area contributed by atoms with E-state index in [9.17, 15) is 9.59 Å². The molecule has 0 unspecified atom stereocenters. The third-order valence-corrected chi connectivity index (χ3v) is 6.20. The van der Waals surface area contributed by atoms with Gasteiger partial charge in [-0.25, -0.2) is 0 Å². The summed E-state index contributed by atoms with van der Waals surface area (Å²) in [4.78, 5) is 24.3. The molecule has 35 heavy (non-hydrogen) atoms. The summed E-state index contributed by atoms with van der Waals surface area (Å²) in [5.41, 5.74) is 22.0. The number of H-pyrrole nitrogens is 1. The molecule has 0 spiro atoms. The molecule has 2 aromatic rings. The number of anilines is 2. The lowest BCUT2D eigenvalue weighted by atomic mass is 10.0. The Morgan fingerprint density at radius 2 is 1.91 bits per heavy atom. The molecular formula is C25H30ClN7O2. The molecule has 2 amide bonds. The Morgan fingerprint density at radius 1 is 1.20 bits per heavy atom. The molecule has 1 aromatic carbocycles. The van der Waals surface area contributed by atoms with Crippen LogP contribution in [0.3, 0.4) is 0 Å². The number of hydrogen-bond acceptors (Lipinski definition) is 6. The molecule has 1 aromatic heterocycles. The maximum absolute atomic E-state index is 11.6. The van der Waals surface area contributed by atoms with E-state index in [2.05, 4.69) is 33.9 Å². The minimum absolute atomic E-state index is 0.0764. The van der Waals surface area contributed by atoms with Gasteiger partial charge in [-0.15, -0.1) is 0 Å². The normalized spacial score (nSPS) is 14.6. The third kappa shape index (κ3) is 5.97. The average Bonchev–Trinajstić information content (AvgIpc) is 3.60. The molecule has 0 bridgehead atoms. The fourth-order valence-electron chi connectivity index (χ4n) is 4.07. The van der Waals surface area contributed by atoms with E-state index in [1.54, 1.807) is 19.2 Å². The number of allylic oxidation sites excluding steroid dienone is 2. The van der Waals surface area contributed by atoms with Gasteiger partial charge in [0.05, 0.1) is 5.02 Å². The highest BCUT2D eigenvalue weighted by molar-refractivity contribution is 6.32. The summed E-state index contributed by atoms with van der Waals surface area (Å²) in [5.74, 6) is 5.55. The molecule has 0 saturated carbocycles. The highest BCUT2D eigenvalue weighted by Crippen LogP contribution is 2.36.